The molecule has 1 fully saturated rings. The summed E-state index contributed by atoms with van der Waals surface area (Å²) in [7, 11) is 0. The Hall–Kier alpha value is -2.46. The molecule has 0 unspecified atom stereocenters. The van der Waals surface area contributed by atoms with E-state index in [0.717, 1.165) is 11.8 Å². The van der Waals surface area contributed by atoms with Crippen molar-refractivity contribution in [3.05, 3.63) is 71.8 Å². The van der Waals surface area contributed by atoms with Gasteiger partial charge in [-0.05, 0) is 31.5 Å². The van der Waals surface area contributed by atoms with Crippen molar-refractivity contribution >= 4 is 12.2 Å². The fourth-order valence-electron chi connectivity index (χ4n) is 3.12. The molecule has 0 saturated carbocycles. The second-order valence-electron chi connectivity index (χ2n) is 6.06. The summed E-state index contributed by atoms with van der Waals surface area (Å²) in [5, 5.41) is 0. The largest absolute Gasteiger partial charge is 0.343 e. The normalized spacial score (nSPS) is 22.8. The molecule has 0 aliphatic carbocycles. The van der Waals surface area contributed by atoms with E-state index in [-0.39, 0.29) is 5.91 Å². The maximum atomic E-state index is 13.0. The molecule has 1 aliphatic rings. The molecule has 2 aromatic carbocycles. The summed E-state index contributed by atoms with van der Waals surface area (Å²) in [4.78, 5) is 26.2. The van der Waals surface area contributed by atoms with Crippen LogP contribution in [0.2, 0.25) is 0 Å². The fraction of sp³-hybridized carbons (Fsp3) is 0.263. The zero-order valence-corrected chi connectivity index (χ0v) is 13.2. The van der Waals surface area contributed by atoms with Crippen molar-refractivity contribution in [3.8, 4) is 0 Å². The van der Waals surface area contributed by atoms with Crippen LogP contribution in [0.1, 0.15) is 35.8 Å². The third-order valence-electron chi connectivity index (χ3n) is 4.11. The molecule has 3 rings (SSSR count). The van der Waals surface area contributed by atoms with Gasteiger partial charge >= 0.3 is 0 Å². The van der Waals surface area contributed by atoms with Crippen molar-refractivity contribution in [2.24, 2.45) is 0 Å². The first kappa shape index (κ1) is 15.4. The Kier molecular flexibility index (Phi) is 4.01. The topological polar surface area (TPSA) is 46.6 Å². The van der Waals surface area contributed by atoms with Crippen LogP contribution in [-0.2, 0) is 9.53 Å². The number of carbonyl (C=O) groups excluding carboxylic acids is 2. The average molecular weight is 309 g/mol. The summed E-state index contributed by atoms with van der Waals surface area (Å²) in [5.41, 5.74) is 0.607. The summed E-state index contributed by atoms with van der Waals surface area (Å²) < 4.78 is 5.86. The molecule has 0 spiro atoms. The lowest BCUT2D eigenvalue weighted by Crippen LogP contribution is -2.44. The lowest BCUT2D eigenvalue weighted by atomic mass is 9.99. The number of hydrogen-bond donors (Lipinski definition) is 0. The van der Waals surface area contributed by atoms with Gasteiger partial charge in [-0.25, -0.2) is 0 Å². The molecule has 4 heteroatoms. The molecule has 4 nitrogen and oxygen atoms in total. The quantitative estimate of drug-likeness (QED) is 0.818. The summed E-state index contributed by atoms with van der Waals surface area (Å²) in [6, 6.07) is 18.2. The number of hydrogen-bond acceptors (Lipinski definition) is 3. The first-order valence-electron chi connectivity index (χ1n) is 7.61. The van der Waals surface area contributed by atoms with Crippen LogP contribution in [0.25, 0.3) is 0 Å². The van der Waals surface area contributed by atoms with Crippen molar-refractivity contribution in [1.82, 2.24) is 4.90 Å². The van der Waals surface area contributed by atoms with Crippen LogP contribution in [-0.4, -0.2) is 28.9 Å². The van der Waals surface area contributed by atoms with Gasteiger partial charge in [-0.2, -0.15) is 0 Å². The summed E-state index contributed by atoms with van der Waals surface area (Å²) in [6.45, 7) is 3.63. The number of ether oxygens (including phenoxy) is 1. The molecule has 23 heavy (non-hydrogen) atoms. The molecular formula is C19H19NO3. The van der Waals surface area contributed by atoms with Crippen molar-refractivity contribution < 1.29 is 14.3 Å². The zero-order chi connectivity index (χ0) is 16.4. The molecule has 118 valence electrons. The van der Waals surface area contributed by atoms with E-state index in [1.54, 1.807) is 17.0 Å². The standard InChI is InChI=1S/C19H19NO3/c1-19(2)20(18(22)15-11-7-4-8-12-15)17(16(13-21)23-19)14-9-5-3-6-10-14/h3-13,16-17H,1-2H3/t16-,17-/m0/s1. The van der Waals surface area contributed by atoms with Crippen LogP contribution in [0.5, 0.6) is 0 Å². The second-order valence-corrected chi connectivity index (χ2v) is 6.06. The monoisotopic (exact) mass is 309 g/mol. The molecule has 1 aliphatic heterocycles. The smallest absolute Gasteiger partial charge is 0.256 e. The minimum absolute atomic E-state index is 0.145. The Morgan fingerprint density at radius 3 is 2.17 bits per heavy atom. The van der Waals surface area contributed by atoms with E-state index in [1.807, 2.05) is 62.4 Å². The van der Waals surface area contributed by atoms with Crippen LogP contribution in [0.3, 0.4) is 0 Å². The van der Waals surface area contributed by atoms with Crippen LogP contribution in [0, 0.1) is 0 Å². The minimum atomic E-state index is -0.862. The molecule has 1 saturated heterocycles. The van der Waals surface area contributed by atoms with Gasteiger partial charge in [0.25, 0.3) is 5.91 Å². The van der Waals surface area contributed by atoms with E-state index in [0.29, 0.717) is 5.56 Å². The predicted molar refractivity (Wildman–Crippen MR) is 86.8 cm³/mol. The number of nitrogens with zero attached hydrogens (tertiary/aromatic N) is 1. The predicted octanol–water partition coefficient (Wildman–Crippen LogP) is 3.20. The summed E-state index contributed by atoms with van der Waals surface area (Å²) >= 11 is 0. The van der Waals surface area contributed by atoms with E-state index in [1.165, 1.54) is 0 Å². The Balaban J connectivity index is 2.06. The van der Waals surface area contributed by atoms with Crippen LogP contribution < -0.4 is 0 Å². The minimum Gasteiger partial charge on any atom is -0.343 e. The van der Waals surface area contributed by atoms with Gasteiger partial charge in [0, 0.05) is 5.56 Å². The lowest BCUT2D eigenvalue weighted by molar-refractivity contribution is -0.123. The molecule has 1 heterocycles. The first-order valence-corrected chi connectivity index (χ1v) is 7.61. The highest BCUT2D eigenvalue weighted by Crippen LogP contribution is 2.41. The second kappa shape index (κ2) is 5.97. The van der Waals surface area contributed by atoms with Crippen LogP contribution >= 0.6 is 0 Å². The molecule has 1 amide bonds. The van der Waals surface area contributed by atoms with Gasteiger partial charge in [0.15, 0.2) is 6.29 Å². The van der Waals surface area contributed by atoms with Gasteiger partial charge in [0.1, 0.15) is 11.8 Å². The third-order valence-corrected chi connectivity index (χ3v) is 4.11. The molecule has 0 bridgehead atoms. The van der Waals surface area contributed by atoms with Crippen molar-refractivity contribution in [1.29, 1.82) is 0 Å². The maximum Gasteiger partial charge on any atom is 0.256 e. The van der Waals surface area contributed by atoms with Gasteiger partial charge in [0.2, 0.25) is 0 Å². The summed E-state index contributed by atoms with van der Waals surface area (Å²) in [5.74, 6) is -0.145. The van der Waals surface area contributed by atoms with Crippen molar-refractivity contribution in [2.75, 3.05) is 0 Å². The Morgan fingerprint density at radius 2 is 1.61 bits per heavy atom. The van der Waals surface area contributed by atoms with E-state index in [2.05, 4.69) is 0 Å². The van der Waals surface area contributed by atoms with E-state index >= 15 is 0 Å². The van der Waals surface area contributed by atoms with Crippen molar-refractivity contribution in [3.63, 3.8) is 0 Å². The SMILES string of the molecule is CC1(C)O[C@@H](C=O)[C@H](c2ccccc2)N1C(=O)c1ccccc1. The van der Waals surface area contributed by atoms with Gasteiger partial charge in [0.05, 0.1) is 6.04 Å². The lowest BCUT2D eigenvalue weighted by Gasteiger charge is -2.34. The number of aldehydes is 1. The van der Waals surface area contributed by atoms with Gasteiger partial charge in [-0.15, -0.1) is 0 Å². The van der Waals surface area contributed by atoms with Gasteiger partial charge < -0.3 is 14.4 Å². The van der Waals surface area contributed by atoms with Gasteiger partial charge in [-0.1, -0.05) is 48.5 Å². The van der Waals surface area contributed by atoms with Crippen LogP contribution in [0.4, 0.5) is 0 Å². The number of rotatable bonds is 3. The Bertz CT molecular complexity index is 697. The first-order chi connectivity index (χ1) is 11.0. The van der Waals surface area contributed by atoms with E-state index in [9.17, 15) is 9.59 Å². The highest BCUT2D eigenvalue weighted by atomic mass is 16.5. The molecular weight excluding hydrogens is 290 g/mol. The van der Waals surface area contributed by atoms with Crippen molar-refractivity contribution in [2.45, 2.75) is 31.7 Å². The van der Waals surface area contributed by atoms with E-state index in [4.69, 9.17) is 4.74 Å². The summed E-state index contributed by atoms with van der Waals surface area (Å²) in [6.07, 6.45) is 0.0950. The Morgan fingerprint density at radius 1 is 1.04 bits per heavy atom. The number of carbonyl (C=O) groups is 2. The number of amides is 1. The zero-order valence-electron chi connectivity index (χ0n) is 13.2. The molecule has 0 radical (unpaired) electrons. The van der Waals surface area contributed by atoms with E-state index < -0.39 is 17.9 Å². The highest BCUT2D eigenvalue weighted by Gasteiger charge is 2.50. The van der Waals surface area contributed by atoms with Crippen LogP contribution in [0.15, 0.2) is 60.7 Å². The Labute approximate surface area is 135 Å². The molecule has 0 N–H and O–H groups in total. The fourth-order valence-corrected chi connectivity index (χ4v) is 3.12. The third kappa shape index (κ3) is 2.78. The molecule has 0 aromatic heterocycles. The van der Waals surface area contributed by atoms with Gasteiger partial charge in [-0.3, -0.25) is 4.79 Å². The number of benzene rings is 2. The molecule has 2 atom stereocenters. The molecule has 2 aromatic rings. The maximum absolute atomic E-state index is 13.0. The highest BCUT2D eigenvalue weighted by molar-refractivity contribution is 5.95. The average Bonchev–Trinajstić information content (AvgIpc) is 2.86.